The lowest BCUT2D eigenvalue weighted by Gasteiger charge is -2.30. The molecular weight excluding hydrogens is 443 g/mol. The quantitative estimate of drug-likeness (QED) is 0.625. The number of hydrogen-bond acceptors (Lipinski definition) is 6. The van der Waals surface area contributed by atoms with E-state index in [1.165, 1.54) is 30.6 Å². The lowest BCUT2D eigenvalue weighted by Crippen LogP contribution is -2.47. The highest BCUT2D eigenvalue weighted by atomic mass is 32.2. The highest BCUT2D eigenvalue weighted by Gasteiger charge is 2.34. The smallest absolute Gasteiger partial charge is 0.341 e. The van der Waals surface area contributed by atoms with Gasteiger partial charge in [-0.2, -0.15) is 0 Å². The maximum absolute atomic E-state index is 13.4. The van der Waals surface area contributed by atoms with E-state index in [1.807, 2.05) is 0 Å². The van der Waals surface area contributed by atoms with Crippen LogP contribution in [-0.2, 0) is 32.4 Å². The van der Waals surface area contributed by atoms with Crippen molar-refractivity contribution in [2.45, 2.75) is 45.1 Å². The minimum absolute atomic E-state index is 0.176. The average Bonchev–Trinajstić information content (AvgIpc) is 3.09. The molecule has 1 atom stereocenters. The lowest BCUT2D eigenvalue weighted by atomic mass is 9.95. The Kier molecular flexibility index (Phi) is 7.00. The number of ether oxygens (including phenoxy) is 1. The summed E-state index contributed by atoms with van der Waals surface area (Å²) in [6.07, 6.45) is 4.68. The molecule has 1 aliphatic rings. The molecular formula is C21H25FN2O5S2. The standard InChI is InChI=1S/C21H25FN2O5S2/c1-4-16(24(31(3,27)28)14-11-9-13(22)10-12-14)19(25)23-20-18(21(26)29-2)15-7-5-6-8-17(15)30-20/h9-12,16H,4-8H2,1-3H3,(H,23,25). The maximum Gasteiger partial charge on any atom is 0.341 e. The molecule has 168 valence electrons. The molecule has 1 N–H and O–H groups in total. The second-order valence-corrected chi connectivity index (χ2v) is 10.3. The van der Waals surface area contributed by atoms with Crippen LogP contribution in [0.5, 0.6) is 0 Å². The number of aryl methyl sites for hydroxylation is 1. The van der Waals surface area contributed by atoms with Gasteiger partial charge in [0.05, 0.1) is 24.6 Å². The Labute approximate surface area is 185 Å². The number of sulfonamides is 1. The normalized spacial score (nSPS) is 14.5. The zero-order chi connectivity index (χ0) is 22.8. The van der Waals surface area contributed by atoms with Crippen molar-refractivity contribution in [2.24, 2.45) is 0 Å². The predicted octanol–water partition coefficient (Wildman–Crippen LogP) is 3.74. The van der Waals surface area contributed by atoms with Gasteiger partial charge in [0.1, 0.15) is 16.9 Å². The first-order valence-electron chi connectivity index (χ1n) is 9.96. The molecule has 1 heterocycles. The molecule has 2 aromatic rings. The third-order valence-corrected chi connectivity index (χ3v) is 7.60. The highest BCUT2D eigenvalue weighted by Crippen LogP contribution is 2.39. The molecule has 0 saturated heterocycles. The number of carbonyl (C=O) groups is 2. The van der Waals surface area contributed by atoms with Crippen LogP contribution in [0.15, 0.2) is 24.3 Å². The van der Waals surface area contributed by atoms with Crippen molar-refractivity contribution >= 4 is 43.9 Å². The van der Waals surface area contributed by atoms with E-state index < -0.39 is 33.8 Å². The van der Waals surface area contributed by atoms with Crippen LogP contribution in [0, 0.1) is 5.82 Å². The summed E-state index contributed by atoms with van der Waals surface area (Å²) in [4.78, 5) is 26.7. The Hall–Kier alpha value is -2.46. The number of benzene rings is 1. The van der Waals surface area contributed by atoms with Gasteiger partial charge in [-0.25, -0.2) is 17.6 Å². The van der Waals surface area contributed by atoms with Crippen LogP contribution in [0.1, 0.15) is 47.0 Å². The van der Waals surface area contributed by atoms with E-state index in [9.17, 15) is 22.4 Å². The summed E-state index contributed by atoms with van der Waals surface area (Å²) in [6.45, 7) is 1.69. The number of halogens is 1. The van der Waals surface area contributed by atoms with Crippen molar-refractivity contribution in [3.63, 3.8) is 0 Å². The molecule has 3 rings (SSSR count). The number of hydrogen-bond donors (Lipinski definition) is 1. The van der Waals surface area contributed by atoms with E-state index >= 15 is 0 Å². The molecule has 1 aromatic carbocycles. The molecule has 0 spiro atoms. The van der Waals surface area contributed by atoms with E-state index in [0.717, 1.165) is 58.8 Å². The molecule has 0 aliphatic heterocycles. The van der Waals surface area contributed by atoms with E-state index in [2.05, 4.69) is 5.32 Å². The molecule has 1 aliphatic carbocycles. The third kappa shape index (κ3) is 4.90. The van der Waals surface area contributed by atoms with E-state index in [1.54, 1.807) is 6.92 Å². The SMILES string of the molecule is CCC(C(=O)Nc1sc2c(c1C(=O)OC)CCCC2)N(c1ccc(F)cc1)S(C)(=O)=O. The zero-order valence-electron chi connectivity index (χ0n) is 17.6. The van der Waals surface area contributed by atoms with Gasteiger partial charge in [-0.15, -0.1) is 11.3 Å². The lowest BCUT2D eigenvalue weighted by molar-refractivity contribution is -0.117. The molecule has 7 nitrogen and oxygen atoms in total. The van der Waals surface area contributed by atoms with Gasteiger partial charge in [-0.3, -0.25) is 9.10 Å². The van der Waals surface area contributed by atoms with Crippen LogP contribution in [0.2, 0.25) is 0 Å². The number of esters is 1. The van der Waals surface area contributed by atoms with Crippen LogP contribution >= 0.6 is 11.3 Å². The largest absolute Gasteiger partial charge is 0.465 e. The summed E-state index contributed by atoms with van der Waals surface area (Å²) in [5.41, 5.74) is 1.42. The van der Waals surface area contributed by atoms with Gasteiger partial charge in [0, 0.05) is 4.88 Å². The second-order valence-electron chi connectivity index (χ2n) is 7.36. The fraction of sp³-hybridized carbons (Fsp3) is 0.429. The Bertz CT molecular complexity index is 1080. The monoisotopic (exact) mass is 468 g/mol. The van der Waals surface area contributed by atoms with Crippen molar-refractivity contribution in [3.05, 3.63) is 46.1 Å². The van der Waals surface area contributed by atoms with Gasteiger partial charge >= 0.3 is 5.97 Å². The fourth-order valence-corrected chi connectivity index (χ4v) is 6.31. The zero-order valence-corrected chi connectivity index (χ0v) is 19.2. The van der Waals surface area contributed by atoms with Crippen molar-refractivity contribution in [1.29, 1.82) is 0 Å². The topological polar surface area (TPSA) is 92.8 Å². The van der Waals surface area contributed by atoms with Crippen molar-refractivity contribution < 1.29 is 27.1 Å². The molecule has 1 unspecified atom stereocenters. The number of rotatable bonds is 7. The van der Waals surface area contributed by atoms with E-state index in [-0.39, 0.29) is 12.1 Å². The summed E-state index contributed by atoms with van der Waals surface area (Å²) in [7, 11) is -2.56. The Morgan fingerprint density at radius 1 is 1.23 bits per heavy atom. The van der Waals surface area contributed by atoms with Gasteiger partial charge in [0.2, 0.25) is 15.9 Å². The first-order valence-corrected chi connectivity index (χ1v) is 12.6. The minimum Gasteiger partial charge on any atom is -0.465 e. The van der Waals surface area contributed by atoms with Gasteiger partial charge in [-0.05, 0) is 61.9 Å². The van der Waals surface area contributed by atoms with Gasteiger partial charge in [0.25, 0.3) is 0 Å². The number of nitrogens with zero attached hydrogens (tertiary/aromatic N) is 1. The Morgan fingerprint density at radius 2 is 1.87 bits per heavy atom. The predicted molar refractivity (Wildman–Crippen MR) is 119 cm³/mol. The van der Waals surface area contributed by atoms with E-state index in [4.69, 9.17) is 4.74 Å². The van der Waals surface area contributed by atoms with Crippen molar-refractivity contribution in [1.82, 2.24) is 0 Å². The molecule has 1 amide bonds. The van der Waals surface area contributed by atoms with Crippen LogP contribution in [0.25, 0.3) is 0 Å². The number of anilines is 2. The van der Waals surface area contributed by atoms with Crippen LogP contribution in [0.3, 0.4) is 0 Å². The minimum atomic E-state index is -3.85. The number of amides is 1. The Morgan fingerprint density at radius 3 is 2.45 bits per heavy atom. The fourth-order valence-electron chi connectivity index (χ4n) is 3.82. The van der Waals surface area contributed by atoms with Gasteiger partial charge in [0.15, 0.2) is 0 Å². The van der Waals surface area contributed by atoms with Crippen LogP contribution in [0.4, 0.5) is 15.1 Å². The van der Waals surface area contributed by atoms with Gasteiger partial charge in [-0.1, -0.05) is 6.92 Å². The first kappa shape index (κ1) is 23.2. The second kappa shape index (κ2) is 9.35. The number of fused-ring (bicyclic) bond motifs is 1. The first-order chi connectivity index (χ1) is 14.7. The number of methoxy groups -OCH3 is 1. The number of nitrogens with one attached hydrogen (secondary N) is 1. The molecule has 1 aromatic heterocycles. The highest BCUT2D eigenvalue weighted by molar-refractivity contribution is 7.92. The van der Waals surface area contributed by atoms with Crippen molar-refractivity contribution in [2.75, 3.05) is 23.0 Å². The molecule has 0 fully saturated rings. The summed E-state index contributed by atoms with van der Waals surface area (Å²) >= 11 is 1.33. The summed E-state index contributed by atoms with van der Waals surface area (Å²) < 4.78 is 44.3. The van der Waals surface area contributed by atoms with E-state index in [0.29, 0.717) is 10.6 Å². The molecule has 0 radical (unpaired) electrons. The summed E-state index contributed by atoms with van der Waals surface area (Å²) in [5, 5.41) is 3.14. The Balaban J connectivity index is 1.98. The number of thiophene rings is 1. The number of carbonyl (C=O) groups excluding carboxylic acids is 2. The van der Waals surface area contributed by atoms with Crippen LogP contribution in [-0.4, -0.2) is 39.7 Å². The summed E-state index contributed by atoms with van der Waals surface area (Å²) in [5.74, 6) is -1.61. The molecule has 31 heavy (non-hydrogen) atoms. The van der Waals surface area contributed by atoms with Crippen molar-refractivity contribution in [3.8, 4) is 0 Å². The molecule has 0 saturated carbocycles. The average molecular weight is 469 g/mol. The van der Waals surface area contributed by atoms with Crippen LogP contribution < -0.4 is 9.62 Å². The summed E-state index contributed by atoms with van der Waals surface area (Å²) in [6, 6.07) is 3.83. The molecule has 10 heteroatoms. The maximum atomic E-state index is 13.4. The third-order valence-electron chi connectivity index (χ3n) is 5.21. The molecule has 0 bridgehead atoms. The van der Waals surface area contributed by atoms with Gasteiger partial charge < -0.3 is 10.1 Å².